The maximum atomic E-state index is 4.08. The molecule has 0 bridgehead atoms. The lowest BCUT2D eigenvalue weighted by Gasteiger charge is -1.36. The molecule has 0 unspecified atom stereocenters. The summed E-state index contributed by atoms with van der Waals surface area (Å²) in [5.41, 5.74) is 0. The maximum Gasteiger partial charge on any atom is 0.724 e. The van der Waals surface area contributed by atoms with Crippen LogP contribution in [0.3, 0.4) is 0 Å². The predicted molar refractivity (Wildman–Crippen MR) is 23.8 cm³/mol. The summed E-state index contributed by atoms with van der Waals surface area (Å²) in [6, 6.07) is 0. The van der Waals surface area contributed by atoms with E-state index < -0.39 is 0 Å². The van der Waals surface area contributed by atoms with E-state index in [9.17, 15) is 0 Å². The molecule has 6 nitrogen and oxygen atoms in total. The smallest absolute Gasteiger partial charge is 0.362 e. The Kier molecular flexibility index (Phi) is 5.25. The van der Waals surface area contributed by atoms with Gasteiger partial charge in [0.15, 0.2) is 0 Å². The Morgan fingerprint density at radius 3 is 1.00 bits per heavy atom. The van der Waals surface area contributed by atoms with E-state index in [1.165, 1.54) is 0 Å². The first-order chi connectivity index (χ1) is 4.50. The van der Waals surface area contributed by atoms with Crippen LogP contribution in [0.5, 0.6) is 0 Å². The summed E-state index contributed by atoms with van der Waals surface area (Å²) >= 11 is -0.000000000000000444. The van der Waals surface area contributed by atoms with Crippen LogP contribution in [-0.4, -0.2) is 41.8 Å². The maximum absolute atomic E-state index is 4.08. The van der Waals surface area contributed by atoms with Gasteiger partial charge in [0.1, 0.15) is 0 Å². The van der Waals surface area contributed by atoms with Gasteiger partial charge in [0.05, 0.1) is 0 Å². The van der Waals surface area contributed by atoms with Crippen molar-refractivity contribution in [1.82, 2.24) is 0 Å². The van der Waals surface area contributed by atoms with Crippen molar-refractivity contribution in [3.63, 3.8) is 0 Å². The predicted octanol–water partition coefficient (Wildman–Crippen LogP) is -1.55. The second-order valence-electron chi connectivity index (χ2n) is 0.827. The molecule has 9 heteroatoms. The molecule has 0 aromatic rings. The standard InChI is InChI=1S/2Al.O2Si.2O2/c;;1-2-3-1;2*1-2/q2*+2;;2*-2. The molecule has 0 spiro atoms. The Morgan fingerprint density at radius 2 is 1.00 bits per heavy atom. The first-order valence-corrected chi connectivity index (χ1v) is 4.55. The largest absolute Gasteiger partial charge is 0.724 e. The van der Waals surface area contributed by atoms with Crippen molar-refractivity contribution >= 4 is 41.8 Å². The van der Waals surface area contributed by atoms with Gasteiger partial charge in [-0.15, -0.1) is 0 Å². The number of rotatable bonds is 0. The topological polar surface area (TPSA) is 75.2 Å². The van der Waals surface area contributed by atoms with Crippen LogP contribution in [0.4, 0.5) is 0 Å². The van der Waals surface area contributed by atoms with Crippen molar-refractivity contribution in [1.29, 1.82) is 0 Å². The van der Waals surface area contributed by atoms with Crippen molar-refractivity contribution in [3.8, 4) is 0 Å². The average Bonchev–Trinajstić information content (AvgIpc) is 2.70. The fourth-order valence-electron chi connectivity index (χ4n) is 0. The number of hydrogen-bond acceptors (Lipinski definition) is 6. The Hall–Kier alpha value is 1.04. The second kappa shape index (κ2) is 5.80. The highest BCUT2D eigenvalue weighted by Gasteiger charge is 2.10. The van der Waals surface area contributed by atoms with Crippen LogP contribution in [0.1, 0.15) is 0 Å². The zero-order valence-corrected chi connectivity index (χ0v) is 7.41. The lowest BCUT2D eigenvalue weighted by molar-refractivity contribution is 0.0850. The van der Waals surface area contributed by atoms with Crippen molar-refractivity contribution in [2.24, 2.45) is 0 Å². The molecule has 3 aliphatic heterocycles. The third-order valence-corrected chi connectivity index (χ3v) is 0.827. The van der Waals surface area contributed by atoms with E-state index in [4.69, 9.17) is 0 Å². The molecule has 3 rings (SSSR count). The van der Waals surface area contributed by atoms with Crippen LogP contribution < -0.4 is 0 Å². The van der Waals surface area contributed by atoms with Crippen LogP contribution in [-0.2, 0) is 24.9 Å². The van der Waals surface area contributed by atoms with Crippen molar-refractivity contribution in [2.45, 2.75) is 0 Å². The zero-order chi connectivity index (χ0) is 6.36. The molecule has 0 aliphatic carbocycles. The van der Waals surface area contributed by atoms with Crippen molar-refractivity contribution in [3.05, 3.63) is 0 Å². The molecule has 9 heavy (non-hydrogen) atoms. The van der Waals surface area contributed by atoms with Crippen LogP contribution >= 0.6 is 0 Å². The van der Waals surface area contributed by atoms with Crippen molar-refractivity contribution < 1.29 is 24.9 Å². The minimum Gasteiger partial charge on any atom is -0.362 e. The van der Waals surface area contributed by atoms with Gasteiger partial charge >= 0.3 is 41.8 Å². The highest BCUT2D eigenvalue weighted by atomic mass is 28.3. The van der Waals surface area contributed by atoms with Crippen LogP contribution in [0.25, 0.3) is 0 Å². The molecule has 0 N–H and O–H groups in total. The average molecular weight is 178 g/mol. The minimum atomic E-state index is -0.000000000000000222. The zero-order valence-electron chi connectivity index (χ0n) is 4.10. The van der Waals surface area contributed by atoms with Gasteiger partial charge in [-0.2, -0.15) is 0 Å². The Morgan fingerprint density at radius 1 is 0.778 bits per heavy atom. The first-order valence-electron chi connectivity index (χ1n) is 1.85. The molecule has 3 fully saturated rings. The Bertz CT molecular complexity index is 39.5. The van der Waals surface area contributed by atoms with E-state index in [1.807, 2.05) is 0 Å². The van der Waals surface area contributed by atoms with Gasteiger partial charge in [0.25, 0.3) is 0 Å². The molecule has 0 aromatic carbocycles. The van der Waals surface area contributed by atoms with Crippen molar-refractivity contribution in [2.75, 3.05) is 0 Å². The van der Waals surface area contributed by atoms with E-state index in [0.717, 1.165) is 0 Å². The monoisotopic (exact) mass is 178 g/mol. The summed E-state index contributed by atoms with van der Waals surface area (Å²) in [6.45, 7) is 0. The molecular weight excluding hydrogens is 178 g/mol. The van der Waals surface area contributed by atoms with Crippen LogP contribution in [0.15, 0.2) is 0 Å². The third kappa shape index (κ3) is 27.4. The number of hydrogen-bond donors (Lipinski definition) is 0. The molecule has 4 radical (unpaired) electrons. The fraction of sp³-hybridized carbons (Fsp3) is 0. The van der Waals surface area contributed by atoms with E-state index in [-0.39, 0.29) is 31.8 Å². The SMILES string of the molecule is O1O[Si]1.[O]1[O][Al]1.[O]1[O][Al]1. The summed E-state index contributed by atoms with van der Waals surface area (Å²) in [7, 11) is 0.333. The van der Waals surface area contributed by atoms with Gasteiger partial charge in [0.2, 0.25) is 0 Å². The lowest BCUT2D eigenvalue weighted by atomic mass is 15.0. The summed E-state index contributed by atoms with van der Waals surface area (Å²) in [6.07, 6.45) is 0. The second-order valence-corrected chi connectivity index (χ2v) is 2.48. The normalized spacial score (nSPS) is 22.2. The summed E-state index contributed by atoms with van der Waals surface area (Å²) in [5, 5.41) is 0. The van der Waals surface area contributed by atoms with Gasteiger partial charge < -0.3 is 15.8 Å². The summed E-state index contributed by atoms with van der Waals surface area (Å²) in [5.74, 6) is 0. The van der Waals surface area contributed by atoms with E-state index >= 15 is 0 Å². The van der Waals surface area contributed by atoms with Crippen LogP contribution in [0.2, 0.25) is 0 Å². The van der Waals surface area contributed by atoms with E-state index in [0.29, 0.717) is 10.0 Å². The Labute approximate surface area is 66.9 Å². The molecule has 3 saturated heterocycles. The fourth-order valence-corrected chi connectivity index (χ4v) is 0. The summed E-state index contributed by atoms with van der Waals surface area (Å²) in [4.78, 5) is 0. The molecule has 0 saturated carbocycles. The highest BCUT2D eigenvalue weighted by Crippen LogP contribution is 1.84. The minimum absolute atomic E-state index is 0.000000000000000222. The van der Waals surface area contributed by atoms with Gasteiger partial charge in [-0.1, -0.05) is 0 Å². The van der Waals surface area contributed by atoms with Gasteiger partial charge in [-0.25, -0.2) is 0 Å². The van der Waals surface area contributed by atoms with Gasteiger partial charge in [0, 0.05) is 0 Å². The molecule has 0 aromatic heterocycles. The summed E-state index contributed by atoms with van der Waals surface area (Å²) < 4.78 is 24.4. The highest BCUT2D eigenvalue weighted by molar-refractivity contribution is 6.24. The molecule has 3 heterocycles. The van der Waals surface area contributed by atoms with Gasteiger partial charge in [-0.05, 0) is 0 Å². The van der Waals surface area contributed by atoms with Crippen LogP contribution in [0, 0.1) is 0 Å². The molecule has 0 atom stereocenters. The first kappa shape index (κ1) is 8.14. The Balaban J connectivity index is 0.0000000675. The molecule has 46 valence electrons. The van der Waals surface area contributed by atoms with E-state index in [1.54, 1.807) is 0 Å². The third-order valence-electron chi connectivity index (χ3n) is 0.276. The van der Waals surface area contributed by atoms with Gasteiger partial charge in [-0.3, -0.25) is 9.15 Å². The molecule has 3 aliphatic rings. The lowest BCUT2D eigenvalue weighted by Crippen LogP contribution is -1.28. The molecular formula is Al2O6Si. The molecule has 0 amide bonds. The van der Waals surface area contributed by atoms with E-state index in [2.05, 4.69) is 24.9 Å². The quantitative estimate of drug-likeness (QED) is 0.254.